The van der Waals surface area contributed by atoms with Gasteiger partial charge in [0, 0.05) is 23.6 Å². The van der Waals surface area contributed by atoms with Crippen LogP contribution in [-0.2, 0) is 23.2 Å². The average Bonchev–Trinajstić information content (AvgIpc) is 3.64. The Morgan fingerprint density at radius 3 is 2.26 bits per heavy atom. The van der Waals surface area contributed by atoms with Crippen LogP contribution in [0.25, 0.3) is 10.9 Å². The number of nitrogens with zero attached hydrogens (tertiary/aromatic N) is 7. The van der Waals surface area contributed by atoms with E-state index in [1.165, 1.54) is 34.2 Å². The Labute approximate surface area is 204 Å². The van der Waals surface area contributed by atoms with Gasteiger partial charge in [-0.05, 0) is 56.3 Å². The van der Waals surface area contributed by atoms with E-state index in [0.717, 1.165) is 26.1 Å². The van der Waals surface area contributed by atoms with E-state index in [1.807, 2.05) is 0 Å². The van der Waals surface area contributed by atoms with E-state index in [0.29, 0.717) is 25.3 Å². The van der Waals surface area contributed by atoms with Gasteiger partial charge in [0.05, 0.1) is 43.6 Å². The Morgan fingerprint density at radius 2 is 1.57 bits per heavy atom. The number of aromatic nitrogens is 7. The SMILES string of the molecule is O=S(=O)(O)CCCCn1nccn1.c1ccc2c(C3CCN(CCCn4nccn4)C3)c[nH]c2c1. The standard InChI is InChI=1S/C17H21N5.C6H11N3O3S/c1-2-5-17-15(4-1)16(12-18-17)14-6-11-21(13-14)9-3-10-22-19-7-8-20-22;10-13(11,12)6-2-1-5-9-7-3-4-8-9/h1-2,4-5,7-8,12,14,18H,3,6,9-11,13H2;3-4H,1-2,5-6H2,(H,10,11,12). The van der Waals surface area contributed by atoms with Gasteiger partial charge in [-0.15, -0.1) is 0 Å². The minimum absolute atomic E-state index is 0.200. The number of H-pyrrole nitrogens is 1. The van der Waals surface area contributed by atoms with Gasteiger partial charge in [0.1, 0.15) is 0 Å². The molecule has 1 unspecified atom stereocenters. The third kappa shape index (κ3) is 7.70. The second-order valence-corrected chi connectivity index (χ2v) is 10.2. The first kappa shape index (κ1) is 25.0. The van der Waals surface area contributed by atoms with Crippen LogP contribution in [0.4, 0.5) is 0 Å². The van der Waals surface area contributed by atoms with E-state index in [4.69, 9.17) is 4.55 Å². The maximum absolute atomic E-state index is 10.3. The first-order valence-corrected chi connectivity index (χ1v) is 13.5. The molecule has 1 aliphatic heterocycles. The van der Waals surface area contributed by atoms with Gasteiger partial charge in [-0.25, -0.2) is 0 Å². The Bertz CT molecular complexity index is 1260. The molecule has 0 bridgehead atoms. The second-order valence-electron chi connectivity index (χ2n) is 8.67. The predicted molar refractivity (Wildman–Crippen MR) is 132 cm³/mol. The van der Waals surface area contributed by atoms with Crippen molar-refractivity contribution in [1.82, 2.24) is 39.9 Å². The van der Waals surface area contributed by atoms with Crippen molar-refractivity contribution in [3.8, 4) is 0 Å². The lowest BCUT2D eigenvalue weighted by Crippen LogP contribution is -2.23. The maximum Gasteiger partial charge on any atom is 0.264 e. The first-order chi connectivity index (χ1) is 17.0. The fourth-order valence-corrected chi connectivity index (χ4v) is 4.98. The van der Waals surface area contributed by atoms with Crippen molar-refractivity contribution in [1.29, 1.82) is 0 Å². The van der Waals surface area contributed by atoms with Crippen LogP contribution in [0.5, 0.6) is 0 Å². The number of benzene rings is 1. The number of hydrogen-bond donors (Lipinski definition) is 2. The fraction of sp³-hybridized carbons (Fsp3) is 0.478. The van der Waals surface area contributed by atoms with Crippen molar-refractivity contribution in [2.75, 3.05) is 25.4 Å². The number of fused-ring (bicyclic) bond motifs is 1. The maximum atomic E-state index is 10.3. The average molecular weight is 501 g/mol. The summed E-state index contributed by atoms with van der Waals surface area (Å²) < 4.78 is 29.0. The molecule has 1 fully saturated rings. The summed E-state index contributed by atoms with van der Waals surface area (Å²) in [5, 5.41) is 17.4. The molecule has 0 spiro atoms. The number of likely N-dealkylation sites (tertiary alicyclic amines) is 1. The summed E-state index contributed by atoms with van der Waals surface area (Å²) in [7, 11) is -3.82. The molecule has 5 rings (SSSR count). The van der Waals surface area contributed by atoms with E-state index in [1.54, 1.807) is 29.6 Å². The number of aryl methyl sites for hydroxylation is 2. The molecule has 4 aromatic rings. The Kier molecular flexibility index (Phi) is 8.61. The van der Waals surface area contributed by atoms with Crippen LogP contribution in [0.3, 0.4) is 0 Å². The van der Waals surface area contributed by atoms with Crippen LogP contribution < -0.4 is 0 Å². The van der Waals surface area contributed by atoms with E-state index < -0.39 is 10.1 Å². The van der Waals surface area contributed by atoms with Crippen LogP contribution in [0.2, 0.25) is 0 Å². The lowest BCUT2D eigenvalue weighted by Gasteiger charge is -2.15. The van der Waals surface area contributed by atoms with Crippen molar-refractivity contribution in [2.45, 2.75) is 44.7 Å². The lowest BCUT2D eigenvalue weighted by atomic mass is 9.98. The topological polar surface area (TPSA) is 135 Å². The lowest BCUT2D eigenvalue weighted by molar-refractivity contribution is 0.314. The number of aromatic amines is 1. The van der Waals surface area contributed by atoms with E-state index in [9.17, 15) is 8.42 Å². The van der Waals surface area contributed by atoms with Gasteiger partial charge in [-0.1, -0.05) is 18.2 Å². The fourth-order valence-electron chi connectivity index (χ4n) is 4.41. The molecule has 1 aromatic carbocycles. The molecule has 188 valence electrons. The molecule has 0 amide bonds. The minimum atomic E-state index is -3.82. The highest BCUT2D eigenvalue weighted by molar-refractivity contribution is 7.85. The highest BCUT2D eigenvalue weighted by Gasteiger charge is 2.25. The molecule has 11 nitrogen and oxygen atoms in total. The number of hydrogen-bond acceptors (Lipinski definition) is 7. The van der Waals surface area contributed by atoms with Crippen LogP contribution in [0.1, 0.15) is 37.2 Å². The van der Waals surface area contributed by atoms with Crippen LogP contribution in [-0.4, -0.2) is 78.2 Å². The Balaban J connectivity index is 0.000000191. The van der Waals surface area contributed by atoms with Gasteiger partial charge in [0.25, 0.3) is 10.1 Å². The molecule has 1 saturated heterocycles. The molecule has 4 heterocycles. The van der Waals surface area contributed by atoms with E-state index >= 15 is 0 Å². The van der Waals surface area contributed by atoms with Crippen LogP contribution >= 0.6 is 0 Å². The monoisotopic (exact) mass is 500 g/mol. The quantitative estimate of drug-likeness (QED) is 0.251. The van der Waals surface area contributed by atoms with Crippen molar-refractivity contribution < 1.29 is 13.0 Å². The number of rotatable bonds is 10. The summed E-state index contributed by atoms with van der Waals surface area (Å²) in [5.74, 6) is 0.452. The molecule has 1 aliphatic rings. The summed E-state index contributed by atoms with van der Waals surface area (Å²) in [5.41, 5.74) is 2.73. The smallest absolute Gasteiger partial charge is 0.264 e. The Hall–Kier alpha value is -3.09. The van der Waals surface area contributed by atoms with Crippen LogP contribution in [0, 0.1) is 0 Å². The van der Waals surface area contributed by atoms with Crippen LogP contribution in [0.15, 0.2) is 55.2 Å². The molecule has 2 N–H and O–H groups in total. The third-order valence-corrected chi connectivity index (χ3v) is 6.91. The largest absolute Gasteiger partial charge is 0.361 e. The Morgan fingerprint density at radius 1 is 0.914 bits per heavy atom. The molecular formula is C23H32N8O3S. The number of unbranched alkanes of at least 4 members (excludes halogenated alkanes) is 1. The highest BCUT2D eigenvalue weighted by Crippen LogP contribution is 2.32. The zero-order chi connectivity index (χ0) is 24.5. The summed E-state index contributed by atoms with van der Waals surface area (Å²) >= 11 is 0. The minimum Gasteiger partial charge on any atom is -0.361 e. The van der Waals surface area contributed by atoms with E-state index in [2.05, 4.69) is 60.7 Å². The summed E-state index contributed by atoms with van der Waals surface area (Å²) in [4.78, 5) is 9.22. The predicted octanol–water partition coefficient (Wildman–Crippen LogP) is 2.59. The van der Waals surface area contributed by atoms with Crippen molar-refractivity contribution >= 4 is 21.0 Å². The van der Waals surface area contributed by atoms with Crippen molar-refractivity contribution in [3.05, 3.63) is 60.8 Å². The van der Waals surface area contributed by atoms with Crippen molar-refractivity contribution in [2.24, 2.45) is 0 Å². The molecule has 0 aliphatic carbocycles. The zero-order valence-corrected chi connectivity index (χ0v) is 20.5. The molecule has 3 aromatic heterocycles. The molecule has 35 heavy (non-hydrogen) atoms. The zero-order valence-electron chi connectivity index (χ0n) is 19.6. The van der Waals surface area contributed by atoms with Gasteiger partial charge in [-0.3, -0.25) is 4.55 Å². The van der Waals surface area contributed by atoms with Gasteiger partial charge < -0.3 is 9.88 Å². The highest BCUT2D eigenvalue weighted by atomic mass is 32.2. The van der Waals surface area contributed by atoms with E-state index in [-0.39, 0.29) is 5.75 Å². The van der Waals surface area contributed by atoms with Gasteiger partial charge in [0.15, 0.2) is 0 Å². The molecule has 0 radical (unpaired) electrons. The number of nitrogens with one attached hydrogen (secondary N) is 1. The molecule has 0 saturated carbocycles. The normalized spacial score (nSPS) is 16.4. The number of para-hydroxylation sites is 1. The summed E-state index contributed by atoms with van der Waals surface area (Å²) in [6.07, 6.45) is 12.2. The van der Waals surface area contributed by atoms with Gasteiger partial charge >= 0.3 is 0 Å². The third-order valence-electron chi connectivity index (χ3n) is 6.11. The summed E-state index contributed by atoms with van der Waals surface area (Å²) in [6.45, 7) is 4.95. The molecular weight excluding hydrogens is 468 g/mol. The van der Waals surface area contributed by atoms with Crippen molar-refractivity contribution in [3.63, 3.8) is 0 Å². The first-order valence-electron chi connectivity index (χ1n) is 11.9. The summed E-state index contributed by atoms with van der Waals surface area (Å²) in [6, 6.07) is 8.60. The molecule has 12 heteroatoms. The van der Waals surface area contributed by atoms with Gasteiger partial charge in [0.2, 0.25) is 0 Å². The second kappa shape index (κ2) is 12.0. The van der Waals surface area contributed by atoms with Gasteiger partial charge in [-0.2, -0.15) is 38.4 Å². The molecule has 1 atom stereocenters.